The van der Waals surface area contributed by atoms with Gasteiger partial charge in [0.15, 0.2) is 0 Å². The first-order chi connectivity index (χ1) is 10.2. The summed E-state index contributed by atoms with van der Waals surface area (Å²) in [4.78, 5) is 24.1. The summed E-state index contributed by atoms with van der Waals surface area (Å²) in [6, 6.07) is 5.71. The van der Waals surface area contributed by atoms with Crippen molar-refractivity contribution >= 4 is 33.3 Å². The van der Waals surface area contributed by atoms with Crippen LogP contribution in [0.3, 0.4) is 0 Å². The summed E-state index contributed by atoms with van der Waals surface area (Å²) < 4.78 is 41.0. The summed E-state index contributed by atoms with van der Waals surface area (Å²) in [5, 5.41) is -4.38. The van der Waals surface area contributed by atoms with Crippen LogP contribution in [0.5, 0.6) is 0 Å². The van der Waals surface area contributed by atoms with Gasteiger partial charge in [-0.15, -0.1) is 11.6 Å². The van der Waals surface area contributed by atoms with E-state index in [4.69, 9.17) is 11.6 Å². The summed E-state index contributed by atoms with van der Waals surface area (Å²) >= 11 is 6.00. The van der Waals surface area contributed by atoms with E-state index < -0.39 is 44.0 Å². The van der Waals surface area contributed by atoms with Crippen molar-refractivity contribution in [3.8, 4) is 0 Å². The molecule has 1 aromatic carbocycles. The van der Waals surface area contributed by atoms with Gasteiger partial charge in [-0.1, -0.05) is 18.2 Å². The monoisotopic (exact) mass is 345 g/mol. The number of carbonyl (C=O) groups excluding carboxylic acids is 2. The summed E-state index contributed by atoms with van der Waals surface area (Å²) in [5.74, 6) is -2.28. The molecule has 1 saturated carbocycles. The number of alkyl halides is 2. The first kappa shape index (κ1) is 15.4. The van der Waals surface area contributed by atoms with Gasteiger partial charge < -0.3 is 0 Å². The lowest BCUT2D eigenvalue weighted by molar-refractivity contribution is -0.148. The molecule has 2 aliphatic rings. The van der Waals surface area contributed by atoms with E-state index in [1.54, 1.807) is 6.07 Å². The molecule has 8 heteroatoms. The largest absolute Gasteiger partial charge is 0.275 e. The molecule has 5 nitrogen and oxygen atoms in total. The van der Waals surface area contributed by atoms with Crippen molar-refractivity contribution in [3.63, 3.8) is 0 Å². The zero-order chi connectivity index (χ0) is 16.3. The van der Waals surface area contributed by atoms with Gasteiger partial charge in [-0.25, -0.2) is 12.8 Å². The molecule has 118 valence electrons. The van der Waals surface area contributed by atoms with Crippen molar-refractivity contribution in [3.05, 3.63) is 30.3 Å². The first-order valence-electron chi connectivity index (χ1n) is 6.69. The van der Waals surface area contributed by atoms with Gasteiger partial charge in [-0.05, 0) is 18.6 Å². The number of rotatable bonds is 2. The molecule has 3 rings (SSSR count). The number of imide groups is 1. The lowest BCUT2D eigenvalue weighted by Gasteiger charge is -2.38. The number of likely N-dealkylation sites (tertiary alicyclic amines) is 1. The topological polar surface area (TPSA) is 71.5 Å². The van der Waals surface area contributed by atoms with E-state index >= 15 is 4.39 Å². The van der Waals surface area contributed by atoms with Gasteiger partial charge in [0.2, 0.25) is 21.7 Å². The number of fused-ring (bicyclic) bond motifs is 2. The van der Waals surface area contributed by atoms with Gasteiger partial charge in [0.05, 0.1) is 22.2 Å². The fourth-order valence-electron chi connectivity index (χ4n) is 3.30. The second-order valence-corrected chi connectivity index (χ2v) is 8.08. The first-order valence-corrected chi connectivity index (χ1v) is 8.61. The second kappa shape index (κ2) is 4.76. The molecule has 0 radical (unpaired) electrons. The number of hydrogen-bond donors (Lipinski definition) is 0. The van der Waals surface area contributed by atoms with E-state index in [0.717, 1.165) is 6.92 Å². The van der Waals surface area contributed by atoms with Crippen LogP contribution in [-0.4, -0.2) is 41.6 Å². The van der Waals surface area contributed by atoms with Crippen LogP contribution in [0.25, 0.3) is 0 Å². The van der Waals surface area contributed by atoms with Gasteiger partial charge in [0, 0.05) is 6.92 Å². The van der Waals surface area contributed by atoms with Crippen LogP contribution in [-0.2, 0) is 19.4 Å². The van der Waals surface area contributed by atoms with Crippen LogP contribution < -0.4 is 0 Å². The van der Waals surface area contributed by atoms with Crippen LogP contribution in [0, 0.1) is 5.92 Å². The minimum absolute atomic E-state index is 0.0743. The zero-order valence-electron chi connectivity index (χ0n) is 11.6. The fourth-order valence-corrected chi connectivity index (χ4v) is 5.91. The van der Waals surface area contributed by atoms with Crippen molar-refractivity contribution in [1.29, 1.82) is 0 Å². The third-order valence-electron chi connectivity index (χ3n) is 4.33. The highest BCUT2D eigenvalue weighted by atomic mass is 35.5. The van der Waals surface area contributed by atoms with Gasteiger partial charge in [0.1, 0.15) is 0 Å². The Morgan fingerprint density at radius 3 is 2.45 bits per heavy atom. The Morgan fingerprint density at radius 1 is 1.36 bits per heavy atom. The third kappa shape index (κ3) is 1.72. The normalized spacial score (nSPS) is 34.2. The highest BCUT2D eigenvalue weighted by Crippen LogP contribution is 2.54. The molecule has 1 aliphatic heterocycles. The molecular weight excluding hydrogens is 333 g/mol. The Balaban J connectivity index is 2.14. The van der Waals surface area contributed by atoms with Gasteiger partial charge in [-0.3, -0.25) is 14.5 Å². The number of benzene rings is 1. The predicted molar refractivity (Wildman–Crippen MR) is 76.5 cm³/mol. The van der Waals surface area contributed by atoms with Crippen molar-refractivity contribution in [2.24, 2.45) is 5.92 Å². The molecule has 0 spiro atoms. The highest BCUT2D eigenvalue weighted by Gasteiger charge is 2.72. The maximum absolute atomic E-state index is 15.6. The highest BCUT2D eigenvalue weighted by molar-refractivity contribution is 7.92. The molecule has 0 unspecified atom stereocenters. The lowest BCUT2D eigenvalue weighted by atomic mass is 10.1. The molecule has 1 heterocycles. The van der Waals surface area contributed by atoms with Crippen LogP contribution in [0.2, 0.25) is 0 Å². The van der Waals surface area contributed by atoms with E-state index in [-0.39, 0.29) is 11.3 Å². The van der Waals surface area contributed by atoms with Crippen LogP contribution in [0.4, 0.5) is 4.39 Å². The molecule has 22 heavy (non-hydrogen) atoms. The maximum Gasteiger partial charge on any atom is 0.252 e. The van der Waals surface area contributed by atoms with E-state index in [9.17, 15) is 18.0 Å². The van der Waals surface area contributed by atoms with E-state index in [2.05, 4.69) is 0 Å². The Kier molecular flexibility index (Phi) is 3.34. The fraction of sp³-hybridized carbons (Fsp3) is 0.429. The molecule has 4 atom stereocenters. The average molecular weight is 346 g/mol. The molecular formula is C14H13ClFNO4S. The Morgan fingerprint density at radius 2 is 1.95 bits per heavy atom. The number of amides is 2. The molecule has 1 saturated heterocycles. The van der Waals surface area contributed by atoms with Gasteiger partial charge >= 0.3 is 0 Å². The van der Waals surface area contributed by atoms with Crippen molar-refractivity contribution in [2.75, 3.05) is 0 Å². The van der Waals surface area contributed by atoms with Gasteiger partial charge in [-0.2, -0.15) is 0 Å². The summed E-state index contributed by atoms with van der Waals surface area (Å²) in [5.41, 5.74) is 0. The molecule has 1 aromatic rings. The van der Waals surface area contributed by atoms with E-state index in [0.29, 0.717) is 4.90 Å². The summed E-state index contributed by atoms with van der Waals surface area (Å²) in [6.07, 6.45) is -0.0743. The van der Waals surface area contributed by atoms with Crippen molar-refractivity contribution in [2.45, 2.75) is 34.7 Å². The molecule has 1 aliphatic carbocycles. The smallest absolute Gasteiger partial charge is 0.252 e. The summed E-state index contributed by atoms with van der Waals surface area (Å²) in [6.45, 7) is 1.11. The quantitative estimate of drug-likeness (QED) is 0.762. The summed E-state index contributed by atoms with van der Waals surface area (Å²) in [7, 11) is -4.45. The molecule has 0 aromatic heterocycles. The third-order valence-corrected chi connectivity index (χ3v) is 7.33. The zero-order valence-corrected chi connectivity index (χ0v) is 13.1. The number of piperidine rings is 1. The second-order valence-electron chi connectivity index (χ2n) is 5.50. The Labute approximate surface area is 132 Å². The molecule has 0 N–H and O–H groups in total. The number of nitrogens with zero attached hydrogens (tertiary/aromatic N) is 1. The molecule has 2 fully saturated rings. The minimum atomic E-state index is -4.45. The van der Waals surface area contributed by atoms with Crippen LogP contribution in [0.1, 0.15) is 13.3 Å². The number of halogens is 2. The van der Waals surface area contributed by atoms with Crippen molar-refractivity contribution < 1.29 is 22.4 Å². The Bertz CT molecular complexity index is 753. The van der Waals surface area contributed by atoms with Gasteiger partial charge in [0.25, 0.3) is 5.00 Å². The average Bonchev–Trinajstić information content (AvgIpc) is 2.95. The Hall–Kier alpha value is -1.47. The standard InChI is InChI=1S/C14H13ClFNO4S/c1-8(18)17-11-7-10(13(17)19)12(15)14(11,16)22(20,21)9-5-3-2-4-6-9/h2-6,10-12H,7H2,1H3/t10-,11+,12-,14+/m1/s1. The van der Waals surface area contributed by atoms with E-state index in [1.807, 2.05) is 0 Å². The predicted octanol–water partition coefficient (Wildman–Crippen LogP) is 1.51. The minimum Gasteiger partial charge on any atom is -0.275 e. The van der Waals surface area contributed by atoms with Crippen molar-refractivity contribution in [1.82, 2.24) is 4.90 Å². The maximum atomic E-state index is 15.6. The van der Waals surface area contributed by atoms with Crippen LogP contribution >= 0.6 is 11.6 Å². The van der Waals surface area contributed by atoms with Crippen LogP contribution in [0.15, 0.2) is 35.2 Å². The molecule has 2 bridgehead atoms. The number of hydrogen-bond acceptors (Lipinski definition) is 4. The van der Waals surface area contributed by atoms with E-state index in [1.165, 1.54) is 24.3 Å². The lowest BCUT2D eigenvalue weighted by Crippen LogP contribution is -2.61. The molecule has 2 amide bonds. The number of carbonyl (C=O) groups is 2. The number of sulfone groups is 1. The SMILES string of the molecule is CC(=O)N1C(=O)[C@@H]2C[C@H]1[C@](F)(S(=O)(=O)c1ccccc1)[C@@H]2Cl.